The fourth-order valence-corrected chi connectivity index (χ4v) is 3.03. The highest BCUT2D eigenvalue weighted by atomic mass is 19.1. The fourth-order valence-electron chi connectivity index (χ4n) is 3.03. The second kappa shape index (κ2) is 6.14. The van der Waals surface area contributed by atoms with Crippen molar-refractivity contribution in [2.75, 3.05) is 13.1 Å². The normalized spacial score (nSPS) is 20.5. The molecule has 0 spiro atoms. The maximum absolute atomic E-state index is 13.9. The molecule has 1 atom stereocenters. The number of carboxylic acids is 1. The molecular formula is C17H24FNO2. The number of nitrogens with zero attached hydrogens (tertiary/aromatic N) is 1. The van der Waals surface area contributed by atoms with Gasteiger partial charge in [-0.15, -0.1) is 0 Å². The van der Waals surface area contributed by atoms with Crippen molar-refractivity contribution in [2.24, 2.45) is 11.3 Å². The Labute approximate surface area is 125 Å². The van der Waals surface area contributed by atoms with Crippen LogP contribution in [0, 0.1) is 24.1 Å². The van der Waals surface area contributed by atoms with E-state index in [1.165, 1.54) is 6.07 Å². The molecule has 3 nitrogen and oxygen atoms in total. The zero-order valence-corrected chi connectivity index (χ0v) is 13.0. The quantitative estimate of drug-likeness (QED) is 0.924. The number of rotatable bonds is 4. The molecular weight excluding hydrogens is 269 g/mol. The Morgan fingerprint density at radius 2 is 2.19 bits per heavy atom. The average molecular weight is 293 g/mol. The zero-order chi connectivity index (χ0) is 15.6. The van der Waals surface area contributed by atoms with Gasteiger partial charge in [-0.1, -0.05) is 17.7 Å². The second-order valence-electron chi connectivity index (χ2n) is 6.70. The second-order valence-corrected chi connectivity index (χ2v) is 6.70. The lowest BCUT2D eigenvalue weighted by Crippen LogP contribution is -2.44. The van der Waals surface area contributed by atoms with Crippen LogP contribution in [-0.4, -0.2) is 29.1 Å². The van der Waals surface area contributed by atoms with Crippen LogP contribution in [0.1, 0.15) is 37.8 Å². The Kier molecular flexibility index (Phi) is 4.67. The molecule has 1 heterocycles. The number of carbonyl (C=O) groups is 1. The molecule has 0 amide bonds. The summed E-state index contributed by atoms with van der Waals surface area (Å²) in [5.74, 6) is -0.826. The summed E-state index contributed by atoms with van der Waals surface area (Å²) in [4.78, 5) is 13.6. The van der Waals surface area contributed by atoms with Crippen LogP contribution in [0.5, 0.6) is 0 Å². The third kappa shape index (κ3) is 3.62. The molecule has 2 rings (SSSR count). The first-order valence-electron chi connectivity index (χ1n) is 7.51. The summed E-state index contributed by atoms with van der Waals surface area (Å²) < 4.78 is 13.9. The maximum Gasteiger partial charge on any atom is 0.309 e. The maximum atomic E-state index is 13.9. The van der Waals surface area contributed by atoms with Crippen LogP contribution in [0.2, 0.25) is 0 Å². The van der Waals surface area contributed by atoms with Crippen molar-refractivity contribution in [3.05, 3.63) is 35.1 Å². The molecule has 0 aromatic heterocycles. The largest absolute Gasteiger partial charge is 0.481 e. The molecule has 116 valence electrons. The summed E-state index contributed by atoms with van der Waals surface area (Å²) in [7, 11) is 0. The highest BCUT2D eigenvalue weighted by Crippen LogP contribution is 2.34. The molecule has 21 heavy (non-hydrogen) atoms. The first-order valence-corrected chi connectivity index (χ1v) is 7.51. The Morgan fingerprint density at radius 1 is 1.48 bits per heavy atom. The van der Waals surface area contributed by atoms with Crippen molar-refractivity contribution in [3.8, 4) is 0 Å². The zero-order valence-electron chi connectivity index (χ0n) is 13.0. The number of aryl methyl sites for hydroxylation is 1. The van der Waals surface area contributed by atoms with E-state index in [4.69, 9.17) is 0 Å². The lowest BCUT2D eigenvalue weighted by atomic mass is 9.74. The van der Waals surface area contributed by atoms with Gasteiger partial charge >= 0.3 is 5.97 Å². The average Bonchev–Trinajstić information content (AvgIpc) is 2.43. The third-order valence-electron chi connectivity index (χ3n) is 4.67. The van der Waals surface area contributed by atoms with Gasteiger partial charge < -0.3 is 5.11 Å². The highest BCUT2D eigenvalue weighted by molar-refractivity contribution is 5.74. The van der Waals surface area contributed by atoms with E-state index in [-0.39, 0.29) is 11.7 Å². The molecule has 1 saturated heterocycles. The van der Waals surface area contributed by atoms with Gasteiger partial charge in [0.05, 0.1) is 5.41 Å². The van der Waals surface area contributed by atoms with Gasteiger partial charge in [-0.3, -0.25) is 9.69 Å². The van der Waals surface area contributed by atoms with Crippen molar-refractivity contribution in [1.82, 2.24) is 4.90 Å². The van der Waals surface area contributed by atoms with E-state index in [1.54, 1.807) is 19.9 Å². The Balaban J connectivity index is 2.08. The molecule has 1 aliphatic rings. The molecule has 4 heteroatoms. The topological polar surface area (TPSA) is 40.5 Å². The van der Waals surface area contributed by atoms with E-state index in [9.17, 15) is 14.3 Å². The van der Waals surface area contributed by atoms with Crippen molar-refractivity contribution in [3.63, 3.8) is 0 Å². The van der Waals surface area contributed by atoms with Gasteiger partial charge in [-0.25, -0.2) is 4.39 Å². The SMILES string of the molecule is Cc1ccc(F)c(CN2CCCC(C(C)(C)C(=O)O)C2)c1. The van der Waals surface area contributed by atoms with E-state index >= 15 is 0 Å². The van der Waals surface area contributed by atoms with Crippen molar-refractivity contribution < 1.29 is 14.3 Å². The van der Waals surface area contributed by atoms with Crippen LogP contribution in [-0.2, 0) is 11.3 Å². The van der Waals surface area contributed by atoms with Crippen LogP contribution in [0.15, 0.2) is 18.2 Å². The first-order chi connectivity index (χ1) is 9.80. The van der Waals surface area contributed by atoms with Gasteiger partial charge in [-0.2, -0.15) is 0 Å². The molecule has 1 aromatic rings. The van der Waals surface area contributed by atoms with Gasteiger partial charge in [0, 0.05) is 18.7 Å². The summed E-state index contributed by atoms with van der Waals surface area (Å²) in [5, 5.41) is 9.37. The van der Waals surface area contributed by atoms with E-state index in [2.05, 4.69) is 4.90 Å². The summed E-state index contributed by atoms with van der Waals surface area (Å²) in [6, 6.07) is 5.15. The predicted octanol–water partition coefficient (Wildman–Crippen LogP) is 3.46. The van der Waals surface area contributed by atoms with Gasteiger partial charge in [0.15, 0.2) is 0 Å². The third-order valence-corrected chi connectivity index (χ3v) is 4.67. The standard InChI is InChI=1S/C17H24FNO2/c1-12-6-7-15(18)13(9-12)10-19-8-4-5-14(11-19)17(2,3)16(20)21/h6-7,9,14H,4-5,8,10-11H2,1-3H3,(H,20,21). The van der Waals surface area contributed by atoms with Crippen LogP contribution >= 0.6 is 0 Å². The number of piperidine rings is 1. The van der Waals surface area contributed by atoms with Crippen LogP contribution in [0.4, 0.5) is 4.39 Å². The fraction of sp³-hybridized carbons (Fsp3) is 0.588. The van der Waals surface area contributed by atoms with E-state index in [1.807, 2.05) is 13.0 Å². The van der Waals surface area contributed by atoms with Crippen molar-refractivity contribution in [1.29, 1.82) is 0 Å². The molecule has 0 aliphatic carbocycles. The monoisotopic (exact) mass is 293 g/mol. The minimum absolute atomic E-state index is 0.108. The Bertz CT molecular complexity index is 528. The molecule has 0 radical (unpaired) electrons. The van der Waals surface area contributed by atoms with Crippen molar-refractivity contribution in [2.45, 2.75) is 40.2 Å². The van der Waals surface area contributed by atoms with Gasteiger partial charge in [-0.05, 0) is 52.1 Å². The predicted molar refractivity (Wildman–Crippen MR) is 80.6 cm³/mol. The van der Waals surface area contributed by atoms with Crippen LogP contribution in [0.3, 0.4) is 0 Å². The first kappa shape index (κ1) is 16.0. The summed E-state index contributed by atoms with van der Waals surface area (Å²) in [6.45, 7) is 7.70. The van der Waals surface area contributed by atoms with Crippen LogP contribution in [0.25, 0.3) is 0 Å². The van der Waals surface area contributed by atoms with Gasteiger partial charge in [0.2, 0.25) is 0 Å². The van der Waals surface area contributed by atoms with E-state index in [0.717, 1.165) is 24.9 Å². The van der Waals surface area contributed by atoms with E-state index < -0.39 is 11.4 Å². The molecule has 0 bridgehead atoms. The smallest absolute Gasteiger partial charge is 0.309 e. The number of hydrogen-bond donors (Lipinski definition) is 1. The number of hydrogen-bond acceptors (Lipinski definition) is 2. The van der Waals surface area contributed by atoms with E-state index in [0.29, 0.717) is 18.7 Å². The van der Waals surface area contributed by atoms with Crippen molar-refractivity contribution >= 4 is 5.97 Å². The molecule has 1 aliphatic heterocycles. The van der Waals surface area contributed by atoms with Crippen LogP contribution < -0.4 is 0 Å². The number of aliphatic carboxylic acids is 1. The molecule has 1 aromatic carbocycles. The number of carboxylic acid groups (broad SMARTS) is 1. The summed E-state index contributed by atoms with van der Waals surface area (Å²) >= 11 is 0. The number of halogens is 1. The minimum Gasteiger partial charge on any atom is -0.481 e. The Morgan fingerprint density at radius 3 is 2.86 bits per heavy atom. The number of benzene rings is 1. The molecule has 0 saturated carbocycles. The summed E-state index contributed by atoms with van der Waals surface area (Å²) in [6.07, 6.45) is 1.89. The lowest BCUT2D eigenvalue weighted by molar-refractivity contribution is -0.151. The highest BCUT2D eigenvalue weighted by Gasteiger charge is 2.39. The molecule has 1 fully saturated rings. The Hall–Kier alpha value is -1.42. The van der Waals surface area contributed by atoms with Gasteiger partial charge in [0.25, 0.3) is 0 Å². The minimum atomic E-state index is -0.754. The molecule has 1 unspecified atom stereocenters. The molecule has 1 N–H and O–H groups in total. The lowest BCUT2D eigenvalue weighted by Gasteiger charge is -2.39. The summed E-state index contributed by atoms with van der Waals surface area (Å²) in [5.41, 5.74) is 1.01. The van der Waals surface area contributed by atoms with Gasteiger partial charge in [0.1, 0.15) is 5.82 Å². The number of likely N-dealkylation sites (tertiary alicyclic amines) is 1.